The number of nitrogens with one attached hydrogen (secondary N) is 1. The summed E-state index contributed by atoms with van der Waals surface area (Å²) in [4.78, 5) is 0. The van der Waals surface area contributed by atoms with Crippen LogP contribution in [0.3, 0.4) is 0 Å². The fourth-order valence-electron chi connectivity index (χ4n) is 2.09. The average Bonchev–Trinajstić information content (AvgIpc) is 2.85. The van der Waals surface area contributed by atoms with Crippen LogP contribution in [-0.4, -0.2) is 15.3 Å². The molecular formula is C17H24ClN3. The molecule has 0 fully saturated rings. The fourth-order valence-corrected chi connectivity index (χ4v) is 2.37. The van der Waals surface area contributed by atoms with Gasteiger partial charge in [0, 0.05) is 18.3 Å². The average molecular weight is 306 g/mol. The SMILES string of the molecule is CC(C)c1ccn(-c2c(Cl)cccc2CNC(C)(C)C)n1. The number of hydrogen-bond donors (Lipinski definition) is 1. The van der Waals surface area contributed by atoms with Crippen LogP contribution < -0.4 is 5.32 Å². The molecular weight excluding hydrogens is 282 g/mol. The molecule has 0 spiro atoms. The maximum Gasteiger partial charge on any atom is 0.0876 e. The summed E-state index contributed by atoms with van der Waals surface area (Å²) in [5.41, 5.74) is 3.25. The largest absolute Gasteiger partial charge is 0.308 e. The van der Waals surface area contributed by atoms with Crippen molar-refractivity contribution in [3.8, 4) is 5.69 Å². The number of hydrogen-bond acceptors (Lipinski definition) is 2. The van der Waals surface area contributed by atoms with E-state index in [0.717, 1.165) is 28.5 Å². The molecule has 1 aromatic heterocycles. The number of benzene rings is 1. The number of para-hydroxylation sites is 1. The highest BCUT2D eigenvalue weighted by atomic mass is 35.5. The van der Waals surface area contributed by atoms with E-state index < -0.39 is 0 Å². The van der Waals surface area contributed by atoms with Gasteiger partial charge in [-0.2, -0.15) is 5.10 Å². The Bertz CT molecular complexity index is 609. The molecule has 0 unspecified atom stereocenters. The highest BCUT2D eigenvalue weighted by Gasteiger charge is 2.14. The smallest absolute Gasteiger partial charge is 0.0876 e. The molecule has 0 bridgehead atoms. The van der Waals surface area contributed by atoms with Crippen LogP contribution in [0, 0.1) is 0 Å². The second kappa shape index (κ2) is 6.20. The molecule has 114 valence electrons. The molecule has 0 aliphatic carbocycles. The van der Waals surface area contributed by atoms with Crippen LogP contribution in [0.5, 0.6) is 0 Å². The number of nitrogens with zero attached hydrogens (tertiary/aromatic N) is 2. The minimum atomic E-state index is 0.0623. The zero-order chi connectivity index (χ0) is 15.6. The van der Waals surface area contributed by atoms with Gasteiger partial charge in [-0.15, -0.1) is 0 Å². The van der Waals surface area contributed by atoms with Crippen molar-refractivity contribution in [2.45, 2.75) is 52.6 Å². The molecule has 1 aromatic carbocycles. The Morgan fingerprint density at radius 2 is 1.95 bits per heavy atom. The Morgan fingerprint density at radius 3 is 2.52 bits per heavy atom. The molecule has 0 aliphatic rings. The third-order valence-corrected chi connectivity index (χ3v) is 3.61. The van der Waals surface area contributed by atoms with Gasteiger partial charge in [0.05, 0.1) is 16.4 Å². The topological polar surface area (TPSA) is 29.9 Å². The van der Waals surface area contributed by atoms with Gasteiger partial charge in [-0.25, -0.2) is 4.68 Å². The predicted molar refractivity (Wildman–Crippen MR) is 89.3 cm³/mol. The summed E-state index contributed by atoms with van der Waals surface area (Å²) in [5, 5.41) is 8.88. The zero-order valence-corrected chi connectivity index (χ0v) is 14.2. The van der Waals surface area contributed by atoms with Gasteiger partial charge >= 0.3 is 0 Å². The van der Waals surface area contributed by atoms with E-state index >= 15 is 0 Å². The molecule has 0 radical (unpaired) electrons. The molecule has 0 saturated heterocycles. The van der Waals surface area contributed by atoms with E-state index in [9.17, 15) is 0 Å². The van der Waals surface area contributed by atoms with E-state index in [1.54, 1.807) is 0 Å². The first-order valence-corrected chi connectivity index (χ1v) is 7.74. The van der Waals surface area contributed by atoms with Crippen molar-refractivity contribution in [2.24, 2.45) is 0 Å². The lowest BCUT2D eigenvalue weighted by Crippen LogP contribution is -2.35. The summed E-state index contributed by atoms with van der Waals surface area (Å²) in [6, 6.07) is 8.04. The van der Waals surface area contributed by atoms with E-state index in [-0.39, 0.29) is 5.54 Å². The van der Waals surface area contributed by atoms with Crippen molar-refractivity contribution >= 4 is 11.6 Å². The minimum Gasteiger partial charge on any atom is -0.308 e. The maximum absolute atomic E-state index is 6.41. The van der Waals surface area contributed by atoms with E-state index in [4.69, 9.17) is 11.6 Å². The van der Waals surface area contributed by atoms with Crippen LogP contribution in [0.25, 0.3) is 5.69 Å². The van der Waals surface area contributed by atoms with Gasteiger partial charge in [-0.3, -0.25) is 0 Å². The molecule has 3 nitrogen and oxygen atoms in total. The Balaban J connectivity index is 2.37. The van der Waals surface area contributed by atoms with Gasteiger partial charge in [0.2, 0.25) is 0 Å². The number of rotatable bonds is 4. The normalized spacial score (nSPS) is 12.1. The van der Waals surface area contributed by atoms with Crippen molar-refractivity contribution in [3.63, 3.8) is 0 Å². The monoisotopic (exact) mass is 305 g/mol. The van der Waals surface area contributed by atoms with E-state index in [1.807, 2.05) is 23.0 Å². The van der Waals surface area contributed by atoms with E-state index in [0.29, 0.717) is 5.92 Å². The highest BCUT2D eigenvalue weighted by Crippen LogP contribution is 2.25. The lowest BCUT2D eigenvalue weighted by atomic mass is 10.1. The highest BCUT2D eigenvalue weighted by molar-refractivity contribution is 6.32. The Kier molecular flexibility index (Phi) is 4.74. The number of halogens is 1. The second-order valence-electron chi connectivity index (χ2n) is 6.69. The first-order chi connectivity index (χ1) is 9.78. The van der Waals surface area contributed by atoms with Gasteiger partial charge in [0.25, 0.3) is 0 Å². The molecule has 0 saturated carbocycles. The van der Waals surface area contributed by atoms with Gasteiger partial charge in [0.1, 0.15) is 0 Å². The molecule has 4 heteroatoms. The first kappa shape index (κ1) is 16.1. The molecule has 1 N–H and O–H groups in total. The van der Waals surface area contributed by atoms with E-state index in [2.05, 4.69) is 57.2 Å². The second-order valence-corrected chi connectivity index (χ2v) is 7.10. The lowest BCUT2D eigenvalue weighted by Gasteiger charge is -2.22. The molecule has 2 rings (SSSR count). The summed E-state index contributed by atoms with van der Waals surface area (Å²) in [5.74, 6) is 0.407. The first-order valence-electron chi connectivity index (χ1n) is 7.36. The standard InChI is InChI=1S/C17H24ClN3/c1-12(2)15-9-10-21(20-15)16-13(7-6-8-14(16)18)11-19-17(3,4)5/h6-10,12,19H,11H2,1-5H3. The van der Waals surface area contributed by atoms with Crippen LogP contribution >= 0.6 is 11.6 Å². The predicted octanol–water partition coefficient (Wildman–Crippen LogP) is 4.54. The summed E-state index contributed by atoms with van der Waals surface area (Å²) in [6.07, 6.45) is 1.98. The summed E-state index contributed by atoms with van der Waals surface area (Å²) < 4.78 is 1.89. The molecule has 21 heavy (non-hydrogen) atoms. The quantitative estimate of drug-likeness (QED) is 0.899. The molecule has 0 amide bonds. The lowest BCUT2D eigenvalue weighted by molar-refractivity contribution is 0.424. The van der Waals surface area contributed by atoms with Crippen LogP contribution in [0.15, 0.2) is 30.5 Å². The van der Waals surface area contributed by atoms with Gasteiger partial charge in [0.15, 0.2) is 0 Å². The Labute approximate surface area is 132 Å². The van der Waals surface area contributed by atoms with Crippen LogP contribution in [0.4, 0.5) is 0 Å². The Hall–Kier alpha value is -1.32. The molecule has 2 aromatic rings. The Morgan fingerprint density at radius 1 is 1.24 bits per heavy atom. The summed E-state index contributed by atoms with van der Waals surface area (Å²) >= 11 is 6.41. The van der Waals surface area contributed by atoms with Crippen LogP contribution in [-0.2, 0) is 6.54 Å². The van der Waals surface area contributed by atoms with Gasteiger partial charge < -0.3 is 5.32 Å². The van der Waals surface area contributed by atoms with Crippen LogP contribution in [0.1, 0.15) is 51.8 Å². The van der Waals surface area contributed by atoms with Crippen LogP contribution in [0.2, 0.25) is 5.02 Å². The summed E-state index contributed by atoms with van der Waals surface area (Å²) in [6.45, 7) is 11.5. The third kappa shape index (κ3) is 4.08. The fraction of sp³-hybridized carbons (Fsp3) is 0.471. The van der Waals surface area contributed by atoms with Crippen molar-refractivity contribution in [1.82, 2.24) is 15.1 Å². The zero-order valence-electron chi connectivity index (χ0n) is 13.4. The van der Waals surface area contributed by atoms with Crippen molar-refractivity contribution in [2.75, 3.05) is 0 Å². The number of aromatic nitrogens is 2. The van der Waals surface area contributed by atoms with Crippen molar-refractivity contribution in [1.29, 1.82) is 0 Å². The summed E-state index contributed by atoms with van der Waals surface area (Å²) in [7, 11) is 0. The molecule has 1 heterocycles. The molecule has 0 atom stereocenters. The van der Waals surface area contributed by atoms with Gasteiger partial charge in [-0.1, -0.05) is 37.6 Å². The maximum atomic E-state index is 6.41. The third-order valence-electron chi connectivity index (χ3n) is 3.31. The van der Waals surface area contributed by atoms with Crippen molar-refractivity contribution < 1.29 is 0 Å². The van der Waals surface area contributed by atoms with Gasteiger partial charge in [-0.05, 0) is 44.4 Å². The van der Waals surface area contributed by atoms with E-state index in [1.165, 1.54) is 0 Å². The molecule has 0 aliphatic heterocycles. The minimum absolute atomic E-state index is 0.0623. The van der Waals surface area contributed by atoms with Crippen molar-refractivity contribution in [3.05, 3.63) is 46.7 Å².